The number of benzene rings is 1. The molecule has 0 atom stereocenters. The van der Waals surface area contributed by atoms with Crippen molar-refractivity contribution in [1.82, 2.24) is 4.90 Å². The molecule has 0 radical (unpaired) electrons. The highest BCUT2D eigenvalue weighted by Gasteiger charge is 2.30. The number of rotatable bonds is 5. The third-order valence-corrected chi connectivity index (χ3v) is 2.73. The zero-order valence-corrected chi connectivity index (χ0v) is 12.2. The van der Waals surface area contributed by atoms with Crippen LogP contribution in [0.4, 0.5) is 13.2 Å². The number of halogens is 3. The second kappa shape index (κ2) is 7.15. The van der Waals surface area contributed by atoms with Crippen LogP contribution in [0.2, 0.25) is 0 Å². The Morgan fingerprint density at radius 3 is 2.52 bits per heavy atom. The van der Waals surface area contributed by atoms with Crippen LogP contribution in [0.1, 0.15) is 24.5 Å². The Morgan fingerprint density at radius 2 is 2.00 bits per heavy atom. The SMILES string of the molecule is CCOC(=O)C/C=C(/c1cccc(C(F)(F)F)c1)N(C)C. The number of nitrogens with zero attached hydrogens (tertiary/aromatic N) is 1. The molecule has 0 spiro atoms. The minimum absolute atomic E-state index is 0.0115. The van der Waals surface area contributed by atoms with Crippen LogP contribution >= 0.6 is 0 Å². The first-order valence-electron chi connectivity index (χ1n) is 6.46. The largest absolute Gasteiger partial charge is 0.466 e. The highest BCUT2D eigenvalue weighted by Crippen LogP contribution is 2.31. The Bertz CT molecular complexity index is 522. The zero-order valence-electron chi connectivity index (χ0n) is 12.2. The van der Waals surface area contributed by atoms with Crippen molar-refractivity contribution in [2.75, 3.05) is 20.7 Å². The van der Waals surface area contributed by atoms with Crippen LogP contribution in [-0.4, -0.2) is 31.6 Å². The third kappa shape index (κ3) is 5.13. The molecule has 116 valence electrons. The van der Waals surface area contributed by atoms with Gasteiger partial charge in [0.2, 0.25) is 0 Å². The van der Waals surface area contributed by atoms with Crippen molar-refractivity contribution in [3.63, 3.8) is 0 Å². The lowest BCUT2D eigenvalue weighted by Gasteiger charge is -2.19. The molecule has 1 aromatic rings. The molecule has 0 aliphatic heterocycles. The normalized spacial score (nSPS) is 12.2. The maximum Gasteiger partial charge on any atom is 0.416 e. The van der Waals surface area contributed by atoms with Crippen LogP contribution < -0.4 is 0 Å². The topological polar surface area (TPSA) is 29.5 Å². The van der Waals surface area contributed by atoms with Crippen LogP contribution in [0.25, 0.3) is 5.70 Å². The number of carbonyl (C=O) groups is 1. The highest BCUT2D eigenvalue weighted by molar-refractivity contribution is 5.75. The number of esters is 1. The van der Waals surface area contributed by atoms with Crippen molar-refractivity contribution in [2.24, 2.45) is 0 Å². The Morgan fingerprint density at radius 1 is 1.33 bits per heavy atom. The summed E-state index contributed by atoms with van der Waals surface area (Å²) >= 11 is 0. The van der Waals surface area contributed by atoms with Crippen molar-refractivity contribution in [3.05, 3.63) is 41.5 Å². The van der Waals surface area contributed by atoms with Gasteiger partial charge < -0.3 is 9.64 Å². The summed E-state index contributed by atoms with van der Waals surface area (Å²) in [4.78, 5) is 13.0. The molecule has 0 bridgehead atoms. The van der Waals surface area contributed by atoms with Gasteiger partial charge in [0.05, 0.1) is 18.6 Å². The standard InChI is InChI=1S/C15H18F3NO2/c1-4-21-14(20)9-8-13(19(2)3)11-6-5-7-12(10-11)15(16,17)18/h5-8,10H,4,9H2,1-3H3/b13-8-. The summed E-state index contributed by atoms with van der Waals surface area (Å²) < 4.78 is 43.0. The monoisotopic (exact) mass is 301 g/mol. The first-order valence-corrected chi connectivity index (χ1v) is 6.46. The third-order valence-electron chi connectivity index (χ3n) is 2.73. The predicted octanol–water partition coefficient (Wildman–Crippen LogP) is 3.56. The molecule has 0 unspecified atom stereocenters. The first kappa shape index (κ1) is 17.1. The van der Waals surface area contributed by atoms with Gasteiger partial charge in [-0.2, -0.15) is 13.2 Å². The van der Waals surface area contributed by atoms with E-state index in [0.717, 1.165) is 12.1 Å². The second-order valence-corrected chi connectivity index (χ2v) is 4.57. The smallest absolute Gasteiger partial charge is 0.416 e. The van der Waals surface area contributed by atoms with E-state index in [4.69, 9.17) is 4.74 Å². The Balaban J connectivity index is 3.06. The van der Waals surface area contributed by atoms with Gasteiger partial charge >= 0.3 is 12.1 Å². The van der Waals surface area contributed by atoms with Crippen molar-refractivity contribution >= 4 is 11.7 Å². The molecule has 1 rings (SSSR count). The van der Waals surface area contributed by atoms with E-state index in [1.807, 2.05) is 0 Å². The van der Waals surface area contributed by atoms with Gasteiger partial charge in [-0.15, -0.1) is 0 Å². The van der Waals surface area contributed by atoms with Crippen LogP contribution in [-0.2, 0) is 15.7 Å². The fraction of sp³-hybridized carbons (Fsp3) is 0.400. The lowest BCUT2D eigenvalue weighted by atomic mass is 10.1. The maximum atomic E-state index is 12.7. The Kier molecular flexibility index (Phi) is 5.81. The van der Waals surface area contributed by atoms with E-state index in [-0.39, 0.29) is 13.0 Å². The molecule has 0 amide bonds. The van der Waals surface area contributed by atoms with Gasteiger partial charge in [0, 0.05) is 19.8 Å². The summed E-state index contributed by atoms with van der Waals surface area (Å²) in [5.41, 5.74) is 0.220. The highest BCUT2D eigenvalue weighted by atomic mass is 19.4. The molecule has 0 aliphatic rings. The van der Waals surface area contributed by atoms with Gasteiger partial charge in [0.15, 0.2) is 0 Å². The Hall–Kier alpha value is -1.98. The average Bonchev–Trinajstić information content (AvgIpc) is 2.38. The zero-order chi connectivity index (χ0) is 16.0. The van der Waals surface area contributed by atoms with Crippen molar-refractivity contribution in [1.29, 1.82) is 0 Å². The summed E-state index contributed by atoms with van der Waals surface area (Å²) in [5.74, 6) is -0.413. The summed E-state index contributed by atoms with van der Waals surface area (Å²) in [5, 5.41) is 0. The summed E-state index contributed by atoms with van der Waals surface area (Å²) in [6.45, 7) is 1.97. The number of ether oxygens (including phenoxy) is 1. The van der Waals surface area contributed by atoms with E-state index >= 15 is 0 Å². The van der Waals surface area contributed by atoms with Crippen LogP contribution in [0, 0.1) is 0 Å². The van der Waals surface area contributed by atoms with Crippen LogP contribution in [0.5, 0.6) is 0 Å². The molecule has 0 aliphatic carbocycles. The van der Waals surface area contributed by atoms with Gasteiger partial charge in [-0.1, -0.05) is 12.1 Å². The molecule has 1 aromatic carbocycles. The molecule has 0 fully saturated rings. The first-order chi connectivity index (χ1) is 9.75. The molecule has 0 aromatic heterocycles. The minimum Gasteiger partial charge on any atom is -0.466 e. The molecule has 21 heavy (non-hydrogen) atoms. The van der Waals surface area contributed by atoms with E-state index in [9.17, 15) is 18.0 Å². The summed E-state index contributed by atoms with van der Waals surface area (Å²) in [6, 6.07) is 5.01. The van der Waals surface area contributed by atoms with Gasteiger partial charge in [0.25, 0.3) is 0 Å². The molecule has 0 heterocycles. The number of hydrogen-bond acceptors (Lipinski definition) is 3. The fourth-order valence-corrected chi connectivity index (χ4v) is 1.81. The summed E-state index contributed by atoms with van der Waals surface area (Å²) in [7, 11) is 3.41. The van der Waals surface area contributed by atoms with Crippen molar-refractivity contribution in [3.8, 4) is 0 Å². The minimum atomic E-state index is -4.39. The van der Waals surface area contributed by atoms with Gasteiger partial charge in [-0.25, -0.2) is 0 Å². The van der Waals surface area contributed by atoms with Crippen LogP contribution in [0.15, 0.2) is 30.3 Å². The molecular formula is C15H18F3NO2. The second-order valence-electron chi connectivity index (χ2n) is 4.57. The number of alkyl halides is 3. The fourth-order valence-electron chi connectivity index (χ4n) is 1.81. The van der Waals surface area contributed by atoms with Gasteiger partial charge in [0.1, 0.15) is 0 Å². The van der Waals surface area contributed by atoms with Crippen molar-refractivity contribution in [2.45, 2.75) is 19.5 Å². The molecule has 3 nitrogen and oxygen atoms in total. The van der Waals surface area contributed by atoms with E-state index in [1.165, 1.54) is 6.07 Å². The number of hydrogen-bond donors (Lipinski definition) is 0. The van der Waals surface area contributed by atoms with Crippen molar-refractivity contribution < 1.29 is 22.7 Å². The van der Waals surface area contributed by atoms with E-state index in [1.54, 1.807) is 38.1 Å². The number of carbonyl (C=O) groups excluding carboxylic acids is 1. The molecule has 0 N–H and O–H groups in total. The van der Waals surface area contributed by atoms with Gasteiger partial charge in [-0.3, -0.25) is 4.79 Å². The van der Waals surface area contributed by atoms with E-state index in [2.05, 4.69) is 0 Å². The predicted molar refractivity (Wildman–Crippen MR) is 74.4 cm³/mol. The summed E-state index contributed by atoms with van der Waals surface area (Å²) in [6.07, 6.45) is -2.82. The van der Waals surface area contributed by atoms with E-state index < -0.39 is 17.7 Å². The lowest BCUT2D eigenvalue weighted by molar-refractivity contribution is -0.142. The quantitative estimate of drug-likeness (QED) is 0.779. The molecular weight excluding hydrogens is 283 g/mol. The maximum absolute atomic E-state index is 12.7. The lowest BCUT2D eigenvalue weighted by Crippen LogP contribution is -2.13. The molecule has 0 saturated carbocycles. The van der Waals surface area contributed by atoms with Crippen LogP contribution in [0.3, 0.4) is 0 Å². The molecule has 0 saturated heterocycles. The van der Waals surface area contributed by atoms with Gasteiger partial charge in [-0.05, 0) is 30.7 Å². The average molecular weight is 301 g/mol. The van der Waals surface area contributed by atoms with E-state index in [0.29, 0.717) is 11.3 Å². The Labute approximate surface area is 122 Å². The molecule has 6 heteroatoms.